The highest BCUT2D eigenvalue weighted by Gasteiger charge is 2.35. The summed E-state index contributed by atoms with van der Waals surface area (Å²) in [5, 5.41) is 8.11. The second kappa shape index (κ2) is 8.39. The standard InChI is InChI=1S/C23H22N2O4/c1-15(23(27)22-14-19(25-29-22)17-10-6-3-7-11-17)12-20(26)21-13-18(24-28-21)16-8-4-2-5-9-16/h2-11,15,21-22H,12-14H2,1H3. The van der Waals surface area contributed by atoms with Crippen molar-refractivity contribution >= 4 is 23.0 Å². The van der Waals surface area contributed by atoms with Gasteiger partial charge in [0.1, 0.15) is 0 Å². The SMILES string of the molecule is CC(CC(=O)C1CC(c2ccccc2)=NO1)C(=O)C1CC(c2ccccc2)=NO1. The maximum Gasteiger partial charge on any atom is 0.191 e. The summed E-state index contributed by atoms with van der Waals surface area (Å²) < 4.78 is 0. The quantitative estimate of drug-likeness (QED) is 0.725. The number of carbonyl (C=O) groups excluding carboxylic acids is 2. The Bertz CT molecular complexity index is 953. The molecule has 2 aromatic rings. The van der Waals surface area contributed by atoms with Crippen LogP contribution in [0.4, 0.5) is 0 Å². The van der Waals surface area contributed by atoms with Crippen LogP contribution in [-0.4, -0.2) is 35.2 Å². The molecule has 0 aliphatic carbocycles. The zero-order valence-corrected chi connectivity index (χ0v) is 16.2. The second-order valence-electron chi connectivity index (χ2n) is 7.38. The molecule has 0 spiro atoms. The summed E-state index contributed by atoms with van der Waals surface area (Å²) in [6.45, 7) is 1.75. The fourth-order valence-corrected chi connectivity index (χ4v) is 3.53. The minimum Gasteiger partial charge on any atom is -0.384 e. The molecule has 0 saturated heterocycles. The summed E-state index contributed by atoms with van der Waals surface area (Å²) in [4.78, 5) is 36.1. The van der Waals surface area contributed by atoms with Gasteiger partial charge in [0, 0.05) is 25.2 Å². The molecule has 6 heteroatoms. The monoisotopic (exact) mass is 390 g/mol. The molecule has 0 N–H and O–H groups in total. The Hall–Kier alpha value is -3.28. The molecule has 3 unspecified atom stereocenters. The summed E-state index contributed by atoms with van der Waals surface area (Å²) >= 11 is 0. The van der Waals surface area contributed by atoms with Gasteiger partial charge in [-0.2, -0.15) is 0 Å². The normalized spacial score (nSPS) is 21.6. The molecular formula is C23H22N2O4. The minimum absolute atomic E-state index is 0.0988. The first kappa shape index (κ1) is 19.1. The lowest BCUT2D eigenvalue weighted by Crippen LogP contribution is -2.31. The molecule has 2 aliphatic heterocycles. The van der Waals surface area contributed by atoms with Crippen molar-refractivity contribution in [3.05, 3.63) is 71.8 Å². The third-order valence-corrected chi connectivity index (χ3v) is 5.22. The van der Waals surface area contributed by atoms with E-state index in [-0.39, 0.29) is 18.0 Å². The van der Waals surface area contributed by atoms with E-state index in [1.165, 1.54) is 0 Å². The lowest BCUT2D eigenvalue weighted by molar-refractivity contribution is -0.137. The van der Waals surface area contributed by atoms with Gasteiger partial charge >= 0.3 is 0 Å². The number of hydrogen-bond donors (Lipinski definition) is 0. The van der Waals surface area contributed by atoms with Gasteiger partial charge in [-0.05, 0) is 11.1 Å². The number of hydrogen-bond acceptors (Lipinski definition) is 6. The molecule has 2 aliphatic rings. The van der Waals surface area contributed by atoms with Gasteiger partial charge in [-0.15, -0.1) is 0 Å². The summed E-state index contributed by atoms with van der Waals surface area (Å²) in [7, 11) is 0. The highest BCUT2D eigenvalue weighted by molar-refractivity contribution is 6.06. The molecule has 0 fully saturated rings. The van der Waals surface area contributed by atoms with Crippen LogP contribution < -0.4 is 0 Å². The van der Waals surface area contributed by atoms with E-state index in [1.54, 1.807) is 6.92 Å². The highest BCUT2D eigenvalue weighted by Crippen LogP contribution is 2.23. The Morgan fingerprint density at radius 3 is 1.90 bits per heavy atom. The van der Waals surface area contributed by atoms with E-state index < -0.39 is 18.1 Å². The van der Waals surface area contributed by atoms with Crippen molar-refractivity contribution in [3.8, 4) is 0 Å². The molecule has 0 aromatic heterocycles. The van der Waals surface area contributed by atoms with E-state index in [2.05, 4.69) is 10.3 Å². The number of benzene rings is 2. The first-order valence-electron chi connectivity index (χ1n) is 9.74. The lowest BCUT2D eigenvalue weighted by Gasteiger charge is -2.15. The molecule has 2 heterocycles. The Morgan fingerprint density at radius 2 is 1.34 bits per heavy atom. The van der Waals surface area contributed by atoms with Crippen molar-refractivity contribution < 1.29 is 19.3 Å². The first-order chi connectivity index (χ1) is 14.1. The second-order valence-corrected chi connectivity index (χ2v) is 7.38. The molecule has 3 atom stereocenters. The van der Waals surface area contributed by atoms with Gasteiger partial charge in [-0.3, -0.25) is 9.59 Å². The third-order valence-electron chi connectivity index (χ3n) is 5.22. The zero-order valence-electron chi connectivity index (χ0n) is 16.2. The van der Waals surface area contributed by atoms with Crippen LogP contribution in [0.2, 0.25) is 0 Å². The van der Waals surface area contributed by atoms with Crippen molar-refractivity contribution in [1.82, 2.24) is 0 Å². The zero-order chi connectivity index (χ0) is 20.2. The largest absolute Gasteiger partial charge is 0.384 e. The van der Waals surface area contributed by atoms with Gasteiger partial charge < -0.3 is 9.68 Å². The van der Waals surface area contributed by atoms with Crippen molar-refractivity contribution in [2.24, 2.45) is 16.2 Å². The Kier molecular flexibility index (Phi) is 5.51. The van der Waals surface area contributed by atoms with Crippen LogP contribution in [0.5, 0.6) is 0 Å². The number of carbonyl (C=O) groups is 2. The van der Waals surface area contributed by atoms with E-state index in [1.807, 2.05) is 60.7 Å². The molecule has 0 saturated carbocycles. The van der Waals surface area contributed by atoms with E-state index in [4.69, 9.17) is 9.68 Å². The van der Waals surface area contributed by atoms with E-state index in [9.17, 15) is 9.59 Å². The van der Waals surface area contributed by atoms with Gasteiger partial charge in [0.2, 0.25) is 0 Å². The lowest BCUT2D eigenvalue weighted by atomic mass is 9.90. The number of nitrogens with zero attached hydrogens (tertiary/aromatic N) is 2. The molecule has 0 radical (unpaired) electrons. The van der Waals surface area contributed by atoms with Crippen LogP contribution in [0.3, 0.4) is 0 Å². The Balaban J connectivity index is 1.29. The Morgan fingerprint density at radius 1 is 0.862 bits per heavy atom. The average Bonchev–Trinajstić information content (AvgIpc) is 3.45. The summed E-state index contributed by atoms with van der Waals surface area (Å²) in [5.74, 6) is -0.708. The summed E-state index contributed by atoms with van der Waals surface area (Å²) in [6.07, 6.45) is -0.343. The van der Waals surface area contributed by atoms with Crippen LogP contribution in [0.15, 0.2) is 71.0 Å². The smallest absolute Gasteiger partial charge is 0.191 e. The number of oxime groups is 2. The summed E-state index contributed by atoms with van der Waals surface area (Å²) in [5.41, 5.74) is 3.39. The van der Waals surface area contributed by atoms with Crippen LogP contribution >= 0.6 is 0 Å². The van der Waals surface area contributed by atoms with Crippen LogP contribution in [0, 0.1) is 5.92 Å². The first-order valence-corrected chi connectivity index (χ1v) is 9.74. The maximum atomic E-state index is 12.7. The fourth-order valence-electron chi connectivity index (χ4n) is 3.53. The molecule has 0 amide bonds. The number of ketones is 2. The van der Waals surface area contributed by atoms with Crippen LogP contribution in [-0.2, 0) is 19.3 Å². The van der Waals surface area contributed by atoms with Gasteiger partial charge in [-0.25, -0.2) is 0 Å². The topological polar surface area (TPSA) is 77.3 Å². The molecule has 6 nitrogen and oxygen atoms in total. The van der Waals surface area contributed by atoms with Crippen molar-refractivity contribution in [3.63, 3.8) is 0 Å². The molecule has 4 rings (SSSR count). The third kappa shape index (κ3) is 4.26. The van der Waals surface area contributed by atoms with Gasteiger partial charge in [0.25, 0.3) is 0 Å². The van der Waals surface area contributed by atoms with Crippen molar-refractivity contribution in [2.75, 3.05) is 0 Å². The summed E-state index contributed by atoms with van der Waals surface area (Å²) in [6, 6.07) is 19.3. The van der Waals surface area contributed by atoms with E-state index in [0.717, 1.165) is 22.6 Å². The molecular weight excluding hydrogens is 368 g/mol. The number of rotatable bonds is 7. The molecule has 29 heavy (non-hydrogen) atoms. The van der Waals surface area contributed by atoms with E-state index in [0.29, 0.717) is 12.8 Å². The van der Waals surface area contributed by atoms with Gasteiger partial charge in [0.05, 0.1) is 11.4 Å². The average molecular weight is 390 g/mol. The highest BCUT2D eigenvalue weighted by atomic mass is 16.6. The molecule has 2 aromatic carbocycles. The van der Waals surface area contributed by atoms with Crippen LogP contribution in [0.25, 0.3) is 0 Å². The van der Waals surface area contributed by atoms with Gasteiger partial charge in [0.15, 0.2) is 23.8 Å². The minimum atomic E-state index is -0.645. The molecule has 0 bridgehead atoms. The van der Waals surface area contributed by atoms with Crippen molar-refractivity contribution in [2.45, 2.75) is 38.4 Å². The van der Waals surface area contributed by atoms with Gasteiger partial charge in [-0.1, -0.05) is 77.9 Å². The van der Waals surface area contributed by atoms with Crippen molar-refractivity contribution in [1.29, 1.82) is 0 Å². The maximum absolute atomic E-state index is 12.7. The fraction of sp³-hybridized carbons (Fsp3) is 0.304. The van der Waals surface area contributed by atoms with E-state index >= 15 is 0 Å². The number of Topliss-reactive ketones (excluding diaryl/α,β-unsaturated/α-hetero) is 2. The van der Waals surface area contributed by atoms with Crippen LogP contribution in [0.1, 0.15) is 37.3 Å². The predicted octanol–water partition coefficient (Wildman–Crippen LogP) is 3.54. The predicted molar refractivity (Wildman–Crippen MR) is 109 cm³/mol. The molecule has 148 valence electrons. The Labute approximate surface area is 169 Å².